The van der Waals surface area contributed by atoms with Crippen molar-refractivity contribution in [3.05, 3.63) is 94.5 Å². The smallest absolute Gasteiger partial charge is 0.272 e. The summed E-state index contributed by atoms with van der Waals surface area (Å²) in [5.41, 5.74) is 8.61. The molecule has 0 saturated heterocycles. The average molecular weight is 513 g/mol. The number of nitrogens with zero attached hydrogens (tertiary/aromatic N) is 2. The highest BCUT2D eigenvalue weighted by atomic mass is 35.5. The fraction of sp³-hybridized carbons (Fsp3) is 0.200. The van der Waals surface area contributed by atoms with E-state index in [0.717, 1.165) is 17.5 Å². The molecular formula is C30H29ClN4O2. The summed E-state index contributed by atoms with van der Waals surface area (Å²) in [5, 5.41) is 8.31. The number of hydrogen-bond donors (Lipinski definition) is 2. The Morgan fingerprint density at radius 3 is 2.35 bits per heavy atom. The molecule has 0 aliphatic rings. The van der Waals surface area contributed by atoms with Gasteiger partial charge >= 0.3 is 0 Å². The van der Waals surface area contributed by atoms with Gasteiger partial charge in [0.25, 0.3) is 5.91 Å². The van der Waals surface area contributed by atoms with Crippen molar-refractivity contribution in [2.75, 3.05) is 5.32 Å². The first-order valence-corrected chi connectivity index (χ1v) is 12.6. The quantitative estimate of drug-likeness (QED) is 0.209. The molecule has 4 aromatic rings. The van der Waals surface area contributed by atoms with Crippen molar-refractivity contribution in [1.82, 2.24) is 10.4 Å². The number of anilines is 1. The van der Waals surface area contributed by atoms with Gasteiger partial charge in [-0.05, 0) is 48.7 Å². The van der Waals surface area contributed by atoms with Crippen molar-refractivity contribution in [2.45, 2.75) is 34.1 Å². The molecule has 0 bridgehead atoms. The number of aryl methyl sites for hydroxylation is 1. The van der Waals surface area contributed by atoms with E-state index in [2.05, 4.69) is 34.9 Å². The Bertz CT molecular complexity index is 1480. The normalized spacial score (nSPS) is 11.6. The number of benzene rings is 3. The Balaban J connectivity index is 1.61. The zero-order valence-corrected chi connectivity index (χ0v) is 22.1. The first kappa shape index (κ1) is 26.0. The zero-order chi connectivity index (χ0) is 26.5. The minimum absolute atomic E-state index is 0.0456. The Kier molecular flexibility index (Phi) is 7.99. The van der Waals surface area contributed by atoms with Gasteiger partial charge in [0.15, 0.2) is 0 Å². The fourth-order valence-corrected chi connectivity index (χ4v) is 4.02. The maximum atomic E-state index is 13.3. The third-order valence-electron chi connectivity index (χ3n) is 6.11. The largest absolute Gasteiger partial charge is 0.326 e. The van der Waals surface area contributed by atoms with Crippen LogP contribution in [-0.2, 0) is 11.2 Å². The van der Waals surface area contributed by atoms with Crippen LogP contribution in [0.15, 0.2) is 77.9 Å². The van der Waals surface area contributed by atoms with E-state index in [9.17, 15) is 9.59 Å². The molecular weight excluding hydrogens is 484 g/mol. The van der Waals surface area contributed by atoms with E-state index >= 15 is 0 Å². The number of pyridine rings is 1. The summed E-state index contributed by atoms with van der Waals surface area (Å²) in [6.45, 7) is 7.60. The third kappa shape index (κ3) is 6.04. The van der Waals surface area contributed by atoms with Gasteiger partial charge < -0.3 is 5.32 Å². The molecule has 6 nitrogen and oxygen atoms in total. The molecule has 1 aromatic heterocycles. The third-order valence-corrected chi connectivity index (χ3v) is 6.42. The van der Waals surface area contributed by atoms with Crippen molar-refractivity contribution in [3.63, 3.8) is 0 Å². The van der Waals surface area contributed by atoms with E-state index in [1.165, 1.54) is 5.56 Å². The summed E-state index contributed by atoms with van der Waals surface area (Å²) < 4.78 is 0. The van der Waals surface area contributed by atoms with Crippen LogP contribution in [0.2, 0.25) is 5.02 Å². The molecule has 3 aromatic carbocycles. The number of hydrogen-bond acceptors (Lipinski definition) is 4. The lowest BCUT2D eigenvalue weighted by atomic mass is 10.0. The molecule has 0 unspecified atom stereocenters. The van der Waals surface area contributed by atoms with E-state index in [-0.39, 0.29) is 17.7 Å². The lowest BCUT2D eigenvalue weighted by molar-refractivity contribution is -0.118. The van der Waals surface area contributed by atoms with E-state index in [1.54, 1.807) is 18.2 Å². The van der Waals surface area contributed by atoms with Gasteiger partial charge in [0.05, 0.1) is 27.5 Å². The number of halogens is 1. The van der Waals surface area contributed by atoms with Crippen molar-refractivity contribution >= 4 is 45.7 Å². The van der Waals surface area contributed by atoms with Gasteiger partial charge in [-0.3, -0.25) is 9.59 Å². The van der Waals surface area contributed by atoms with Gasteiger partial charge in [-0.15, -0.1) is 0 Å². The summed E-state index contributed by atoms with van der Waals surface area (Å²) >= 11 is 6.46. The van der Waals surface area contributed by atoms with Gasteiger partial charge in [-0.2, -0.15) is 5.10 Å². The Morgan fingerprint density at radius 2 is 1.70 bits per heavy atom. The Labute approximate surface area is 221 Å². The molecule has 1 heterocycles. The van der Waals surface area contributed by atoms with E-state index < -0.39 is 0 Å². The van der Waals surface area contributed by atoms with E-state index in [4.69, 9.17) is 16.6 Å². The molecule has 0 radical (unpaired) electrons. The van der Waals surface area contributed by atoms with Gasteiger partial charge in [-0.25, -0.2) is 10.4 Å². The molecule has 0 atom stereocenters. The highest BCUT2D eigenvalue weighted by molar-refractivity contribution is 6.35. The van der Waals surface area contributed by atoms with E-state index in [0.29, 0.717) is 38.6 Å². The lowest BCUT2D eigenvalue weighted by Gasteiger charge is -2.11. The molecule has 37 heavy (non-hydrogen) atoms. The van der Waals surface area contributed by atoms with Crippen molar-refractivity contribution in [2.24, 2.45) is 11.0 Å². The minimum Gasteiger partial charge on any atom is -0.326 e. The predicted molar refractivity (Wildman–Crippen MR) is 151 cm³/mol. The highest BCUT2D eigenvalue weighted by Gasteiger charge is 2.16. The van der Waals surface area contributed by atoms with Crippen LogP contribution < -0.4 is 10.7 Å². The van der Waals surface area contributed by atoms with Crippen LogP contribution in [0.3, 0.4) is 0 Å². The van der Waals surface area contributed by atoms with Gasteiger partial charge in [0.1, 0.15) is 0 Å². The van der Waals surface area contributed by atoms with Gasteiger partial charge in [0, 0.05) is 22.6 Å². The molecule has 0 aliphatic carbocycles. The second kappa shape index (κ2) is 11.4. The molecule has 2 amide bonds. The first-order chi connectivity index (χ1) is 17.8. The summed E-state index contributed by atoms with van der Waals surface area (Å²) in [4.78, 5) is 29.9. The predicted octanol–water partition coefficient (Wildman–Crippen LogP) is 6.87. The number of para-hydroxylation sites is 1. The lowest BCUT2D eigenvalue weighted by Crippen LogP contribution is -2.20. The number of amides is 2. The molecule has 4 rings (SSSR count). The second-order valence-electron chi connectivity index (χ2n) is 9.10. The number of rotatable bonds is 7. The standard InChI is InChI=1S/C30H29ClN4O2/c1-5-20-9-11-22(12-10-20)27-17-25(24-7-6-8-26(31)28(24)33-27)30(37)35-34-19(4)21-13-15-23(16-14-21)32-29(36)18(2)3/h6-18H,5H2,1-4H3,(H,32,36)(H,35,37)/b34-19-. The molecule has 2 N–H and O–H groups in total. The molecule has 0 aliphatic heterocycles. The first-order valence-electron chi connectivity index (χ1n) is 12.2. The molecule has 7 heteroatoms. The summed E-state index contributed by atoms with van der Waals surface area (Å²) in [7, 11) is 0. The average Bonchev–Trinajstić information content (AvgIpc) is 2.91. The van der Waals surface area contributed by atoms with E-state index in [1.807, 2.05) is 63.2 Å². The van der Waals surface area contributed by atoms with Crippen LogP contribution in [0, 0.1) is 5.92 Å². The van der Waals surface area contributed by atoms with Gasteiger partial charge in [-0.1, -0.05) is 80.9 Å². The maximum absolute atomic E-state index is 13.3. The molecule has 188 valence electrons. The van der Waals surface area contributed by atoms with Crippen LogP contribution in [-0.4, -0.2) is 22.5 Å². The van der Waals surface area contributed by atoms with Crippen molar-refractivity contribution < 1.29 is 9.59 Å². The topological polar surface area (TPSA) is 83.5 Å². The SMILES string of the molecule is CCc1ccc(-c2cc(C(=O)N/N=C(/C)c3ccc(NC(=O)C(C)C)cc3)c3cccc(Cl)c3n2)cc1. The molecule has 0 spiro atoms. The highest BCUT2D eigenvalue weighted by Crippen LogP contribution is 2.29. The minimum atomic E-state index is -0.360. The second-order valence-corrected chi connectivity index (χ2v) is 9.51. The van der Waals surface area contributed by atoms with Gasteiger partial charge in [0.2, 0.25) is 5.91 Å². The van der Waals surface area contributed by atoms with Crippen LogP contribution in [0.5, 0.6) is 0 Å². The number of hydrazone groups is 1. The molecule has 0 saturated carbocycles. The monoisotopic (exact) mass is 512 g/mol. The summed E-state index contributed by atoms with van der Waals surface area (Å²) in [6, 6.07) is 22.6. The van der Waals surface area contributed by atoms with Crippen LogP contribution in [0.25, 0.3) is 22.2 Å². The maximum Gasteiger partial charge on any atom is 0.272 e. The number of aromatic nitrogens is 1. The summed E-state index contributed by atoms with van der Waals surface area (Å²) in [6.07, 6.45) is 0.942. The molecule has 0 fully saturated rings. The van der Waals surface area contributed by atoms with Crippen LogP contribution in [0.4, 0.5) is 5.69 Å². The van der Waals surface area contributed by atoms with Crippen LogP contribution in [0.1, 0.15) is 49.2 Å². The fourth-order valence-electron chi connectivity index (χ4n) is 3.80. The zero-order valence-electron chi connectivity index (χ0n) is 21.3. The Morgan fingerprint density at radius 1 is 1.00 bits per heavy atom. The summed E-state index contributed by atoms with van der Waals surface area (Å²) in [5.74, 6) is -0.509. The number of fused-ring (bicyclic) bond motifs is 1. The number of carbonyl (C=O) groups is 2. The number of nitrogens with one attached hydrogen (secondary N) is 2. The number of carbonyl (C=O) groups excluding carboxylic acids is 2. The Hall–Kier alpha value is -4.03. The van der Waals surface area contributed by atoms with Crippen molar-refractivity contribution in [1.29, 1.82) is 0 Å². The van der Waals surface area contributed by atoms with Crippen LogP contribution >= 0.6 is 11.6 Å². The van der Waals surface area contributed by atoms with Crippen molar-refractivity contribution in [3.8, 4) is 11.3 Å².